The van der Waals surface area contributed by atoms with Crippen LogP contribution in [0.15, 0.2) is 182 Å². The molecule has 7 aromatic carbocycles. The van der Waals surface area contributed by atoms with Gasteiger partial charge in [-0.2, -0.15) is 0 Å². The molecule has 1 heterocycles. The summed E-state index contributed by atoms with van der Waals surface area (Å²) in [5.41, 5.74) is 20.7. The third-order valence-corrected chi connectivity index (χ3v) is 14.7. The lowest BCUT2D eigenvalue weighted by Crippen LogP contribution is -2.55. The van der Waals surface area contributed by atoms with E-state index in [4.69, 9.17) is 11.6 Å². The molecule has 0 aliphatic heterocycles. The standard InChI is InChI=1S/C58H44N2/c1-59-50-24-21-39(22-25-50)51-19-10-20-53-52-26-23-46(34-54(52)58(57(51)53)48-28-37-27-38(30-48)31-49(58)29-37)44-17-8-15-42(32-44)43-16-9-18-45(33-43)47-35-55(40-11-4-2-5-12-40)60-56(36-47)41-13-6-3-7-14-41/h2-26,32-38,48-49H,27-31H2. The fourth-order valence-electron chi connectivity index (χ4n) is 12.4. The first-order valence-corrected chi connectivity index (χ1v) is 21.7. The maximum atomic E-state index is 7.58. The summed E-state index contributed by atoms with van der Waals surface area (Å²) in [5.74, 6) is 3.04. The van der Waals surface area contributed by atoms with Gasteiger partial charge in [-0.15, -0.1) is 0 Å². The fraction of sp³-hybridized carbons (Fsp3) is 0.172. The smallest absolute Gasteiger partial charge is 0.187 e. The van der Waals surface area contributed by atoms with E-state index in [9.17, 15) is 0 Å². The van der Waals surface area contributed by atoms with Gasteiger partial charge in [-0.3, -0.25) is 0 Å². The monoisotopic (exact) mass is 768 g/mol. The van der Waals surface area contributed by atoms with Gasteiger partial charge >= 0.3 is 0 Å². The highest BCUT2D eigenvalue weighted by molar-refractivity contribution is 5.91. The molecule has 8 aromatic rings. The van der Waals surface area contributed by atoms with Crippen LogP contribution in [0.4, 0.5) is 5.69 Å². The molecule has 5 aliphatic rings. The number of fused-ring (bicyclic) bond motifs is 3. The minimum Gasteiger partial charge on any atom is -0.248 e. The van der Waals surface area contributed by atoms with Crippen molar-refractivity contribution in [2.75, 3.05) is 0 Å². The number of rotatable bonds is 6. The van der Waals surface area contributed by atoms with Crippen LogP contribution < -0.4 is 0 Å². The Morgan fingerprint density at radius 3 is 1.45 bits per heavy atom. The highest BCUT2D eigenvalue weighted by Gasteiger charge is 2.62. The van der Waals surface area contributed by atoms with Crippen molar-refractivity contribution in [3.8, 4) is 78.1 Å². The lowest BCUT2D eigenvalue weighted by Gasteiger charge is -2.61. The Morgan fingerprint density at radius 1 is 0.400 bits per heavy atom. The maximum Gasteiger partial charge on any atom is 0.187 e. The Morgan fingerprint density at radius 2 is 0.883 bits per heavy atom. The first-order chi connectivity index (χ1) is 29.6. The Balaban J connectivity index is 0.953. The molecule has 4 fully saturated rings. The van der Waals surface area contributed by atoms with E-state index in [0.29, 0.717) is 17.5 Å². The fourth-order valence-corrected chi connectivity index (χ4v) is 12.4. The van der Waals surface area contributed by atoms with Gasteiger partial charge in [-0.05, 0) is 153 Å². The van der Waals surface area contributed by atoms with Crippen LogP contribution in [-0.4, -0.2) is 4.98 Å². The third kappa shape index (κ3) is 5.56. The second-order valence-corrected chi connectivity index (χ2v) is 17.8. The topological polar surface area (TPSA) is 17.2 Å². The van der Waals surface area contributed by atoms with Gasteiger partial charge in [0.05, 0.1) is 18.0 Å². The summed E-state index contributed by atoms with van der Waals surface area (Å²) in [4.78, 5) is 8.85. The van der Waals surface area contributed by atoms with Crippen molar-refractivity contribution in [3.05, 3.63) is 205 Å². The summed E-state index contributed by atoms with van der Waals surface area (Å²) in [6, 6.07) is 66.4. The second kappa shape index (κ2) is 13.9. The van der Waals surface area contributed by atoms with Gasteiger partial charge in [0.25, 0.3) is 0 Å². The van der Waals surface area contributed by atoms with Crippen LogP contribution in [0.1, 0.15) is 43.2 Å². The van der Waals surface area contributed by atoms with Crippen molar-refractivity contribution in [1.29, 1.82) is 0 Å². The minimum atomic E-state index is 0.0108. The maximum absolute atomic E-state index is 7.58. The molecule has 13 rings (SSSR count). The predicted octanol–water partition coefficient (Wildman–Crippen LogP) is 15.4. The first-order valence-electron chi connectivity index (χ1n) is 21.7. The zero-order valence-corrected chi connectivity index (χ0v) is 33.6. The highest BCUT2D eigenvalue weighted by atomic mass is 14.7. The number of benzene rings is 7. The van der Waals surface area contributed by atoms with Gasteiger partial charge in [-0.25, -0.2) is 9.83 Å². The predicted molar refractivity (Wildman–Crippen MR) is 246 cm³/mol. The van der Waals surface area contributed by atoms with Crippen molar-refractivity contribution < 1.29 is 0 Å². The Bertz CT molecular complexity index is 2900. The second-order valence-electron chi connectivity index (χ2n) is 17.8. The zero-order chi connectivity index (χ0) is 39.8. The number of hydrogen-bond donors (Lipinski definition) is 0. The van der Waals surface area contributed by atoms with Crippen LogP contribution >= 0.6 is 0 Å². The van der Waals surface area contributed by atoms with Crippen LogP contribution in [0, 0.1) is 30.2 Å². The Kier molecular flexibility index (Phi) is 8.14. The highest BCUT2D eigenvalue weighted by Crippen LogP contribution is 2.70. The molecule has 0 saturated heterocycles. The van der Waals surface area contributed by atoms with Gasteiger partial charge in [0.1, 0.15) is 0 Å². The molecule has 0 atom stereocenters. The van der Waals surface area contributed by atoms with Gasteiger partial charge < -0.3 is 0 Å². The summed E-state index contributed by atoms with van der Waals surface area (Å²) in [6.45, 7) is 7.58. The van der Waals surface area contributed by atoms with E-state index < -0.39 is 0 Å². The summed E-state index contributed by atoms with van der Waals surface area (Å²) >= 11 is 0. The summed E-state index contributed by atoms with van der Waals surface area (Å²) in [5, 5.41) is 0. The van der Waals surface area contributed by atoms with E-state index in [2.05, 4.69) is 175 Å². The zero-order valence-electron chi connectivity index (χ0n) is 33.6. The van der Waals surface area contributed by atoms with Gasteiger partial charge in [-0.1, -0.05) is 152 Å². The molecule has 60 heavy (non-hydrogen) atoms. The molecule has 1 spiro atoms. The average molecular weight is 769 g/mol. The van der Waals surface area contributed by atoms with Crippen LogP contribution in [0.2, 0.25) is 0 Å². The molecule has 0 unspecified atom stereocenters. The minimum absolute atomic E-state index is 0.0108. The molecule has 0 radical (unpaired) electrons. The lowest BCUT2D eigenvalue weighted by atomic mass is 9.42. The van der Waals surface area contributed by atoms with E-state index in [1.54, 1.807) is 11.1 Å². The van der Waals surface area contributed by atoms with Crippen molar-refractivity contribution in [2.24, 2.45) is 23.7 Å². The molecule has 2 nitrogen and oxygen atoms in total. The molecule has 4 bridgehead atoms. The SMILES string of the molecule is [C-]#[N+]c1ccc(-c2cccc3c2C2(c4cc(-c5cccc(-c6cccc(-c7cc(-c8ccccc8)nc(-c8ccccc8)c7)c6)c5)ccc4-3)C3CC4CC(C3)CC2C4)cc1. The number of pyridine rings is 1. The van der Waals surface area contributed by atoms with Crippen molar-refractivity contribution in [1.82, 2.24) is 4.98 Å². The molecule has 1 aromatic heterocycles. The van der Waals surface area contributed by atoms with E-state index >= 15 is 0 Å². The van der Waals surface area contributed by atoms with Gasteiger partial charge in [0.15, 0.2) is 5.69 Å². The molecular weight excluding hydrogens is 725 g/mol. The van der Waals surface area contributed by atoms with Crippen LogP contribution in [0.25, 0.3) is 83.0 Å². The van der Waals surface area contributed by atoms with Gasteiger partial charge in [0, 0.05) is 16.5 Å². The molecular formula is C58H44N2. The molecule has 0 N–H and O–H groups in total. The number of nitrogens with zero attached hydrogens (tertiary/aromatic N) is 2. The van der Waals surface area contributed by atoms with Gasteiger partial charge in [0.2, 0.25) is 0 Å². The normalized spacial score (nSPS) is 21.7. The molecule has 5 aliphatic carbocycles. The van der Waals surface area contributed by atoms with Crippen molar-refractivity contribution >= 4 is 5.69 Å². The Labute approximate surface area is 353 Å². The van der Waals surface area contributed by atoms with E-state index in [-0.39, 0.29) is 5.41 Å². The van der Waals surface area contributed by atoms with Crippen LogP contribution in [0.5, 0.6) is 0 Å². The largest absolute Gasteiger partial charge is 0.248 e. The third-order valence-electron chi connectivity index (χ3n) is 14.7. The van der Waals surface area contributed by atoms with Crippen molar-refractivity contribution in [2.45, 2.75) is 37.5 Å². The number of aromatic nitrogens is 1. The first kappa shape index (κ1) is 35.2. The molecule has 286 valence electrons. The summed E-state index contributed by atoms with van der Waals surface area (Å²) in [7, 11) is 0. The molecule has 4 saturated carbocycles. The van der Waals surface area contributed by atoms with Crippen LogP contribution in [0.3, 0.4) is 0 Å². The van der Waals surface area contributed by atoms with E-state index in [1.807, 2.05) is 12.1 Å². The molecule has 0 amide bonds. The lowest BCUT2D eigenvalue weighted by molar-refractivity contribution is -0.0397. The van der Waals surface area contributed by atoms with E-state index in [1.165, 1.54) is 82.2 Å². The van der Waals surface area contributed by atoms with Crippen molar-refractivity contribution in [3.63, 3.8) is 0 Å². The van der Waals surface area contributed by atoms with Crippen LogP contribution in [-0.2, 0) is 5.41 Å². The summed E-state index contributed by atoms with van der Waals surface area (Å²) in [6.07, 6.45) is 6.78. The Hall–Kier alpha value is -6.82. The molecule has 2 heteroatoms. The summed E-state index contributed by atoms with van der Waals surface area (Å²) < 4.78 is 0. The van der Waals surface area contributed by atoms with E-state index in [0.717, 1.165) is 39.9 Å². The number of hydrogen-bond acceptors (Lipinski definition) is 1. The average Bonchev–Trinajstić information content (AvgIpc) is 3.61. The quantitative estimate of drug-likeness (QED) is 0.154.